The largest absolute Gasteiger partial charge is 0.444 e. The molecule has 30 heavy (non-hydrogen) atoms. The number of rotatable bonds is 7. The molecular weight excluding hydrogens is 404 g/mol. The maximum Gasteiger partial charge on any atom is 0.408 e. The Morgan fingerprint density at radius 2 is 1.73 bits per heavy atom. The van der Waals surface area contributed by atoms with Crippen LogP contribution in [0.3, 0.4) is 0 Å². The number of amides is 3. The Kier molecular flexibility index (Phi) is 7.93. The van der Waals surface area contributed by atoms with Gasteiger partial charge in [-0.05, 0) is 44.4 Å². The minimum atomic E-state index is -0.653. The van der Waals surface area contributed by atoms with Crippen LogP contribution >= 0.6 is 11.3 Å². The van der Waals surface area contributed by atoms with Crippen molar-refractivity contribution in [3.63, 3.8) is 0 Å². The van der Waals surface area contributed by atoms with Crippen LogP contribution in [0.2, 0.25) is 0 Å². The van der Waals surface area contributed by atoms with E-state index in [0.29, 0.717) is 16.7 Å². The third-order valence-corrected chi connectivity index (χ3v) is 4.95. The van der Waals surface area contributed by atoms with Gasteiger partial charge in [-0.15, -0.1) is 11.3 Å². The topological polar surface area (TPSA) is 109 Å². The monoisotopic (exact) mass is 432 g/mol. The summed E-state index contributed by atoms with van der Waals surface area (Å²) >= 11 is 1.47. The van der Waals surface area contributed by atoms with Crippen LogP contribution in [0.4, 0.5) is 15.6 Å². The summed E-state index contributed by atoms with van der Waals surface area (Å²) in [6.45, 7) is 9.18. The van der Waals surface area contributed by atoms with Crippen molar-refractivity contribution in [2.45, 2.75) is 52.6 Å². The number of carbonyl (C=O) groups excluding carboxylic acids is 3. The quantitative estimate of drug-likeness (QED) is 0.614. The van der Waals surface area contributed by atoms with Crippen LogP contribution in [0, 0.1) is 0 Å². The van der Waals surface area contributed by atoms with Crippen LogP contribution < -0.4 is 16.0 Å². The molecule has 1 aromatic carbocycles. The van der Waals surface area contributed by atoms with Crippen molar-refractivity contribution >= 4 is 40.1 Å². The van der Waals surface area contributed by atoms with E-state index in [2.05, 4.69) is 34.8 Å². The summed E-state index contributed by atoms with van der Waals surface area (Å²) in [5.74, 6) is -0.163. The van der Waals surface area contributed by atoms with Gasteiger partial charge in [0.25, 0.3) is 0 Å². The molecule has 2 aromatic rings. The molecule has 0 radical (unpaired) electrons. The first-order chi connectivity index (χ1) is 14.0. The third-order valence-electron chi connectivity index (χ3n) is 3.73. The van der Waals surface area contributed by atoms with E-state index in [1.165, 1.54) is 11.3 Å². The predicted molar refractivity (Wildman–Crippen MR) is 118 cm³/mol. The maximum absolute atomic E-state index is 12.2. The number of benzene rings is 1. The van der Waals surface area contributed by atoms with E-state index in [-0.39, 0.29) is 24.8 Å². The number of nitrogens with zero attached hydrogens (tertiary/aromatic N) is 1. The Labute approximate surface area is 180 Å². The molecule has 0 unspecified atom stereocenters. The molecule has 0 saturated carbocycles. The fraction of sp³-hybridized carbons (Fsp3) is 0.429. The summed E-state index contributed by atoms with van der Waals surface area (Å²) in [6.07, 6.45) is 1.32. The highest BCUT2D eigenvalue weighted by molar-refractivity contribution is 7.15. The van der Waals surface area contributed by atoms with Gasteiger partial charge in [0.05, 0.1) is 6.42 Å². The fourth-order valence-electron chi connectivity index (χ4n) is 2.34. The molecule has 0 spiro atoms. The van der Waals surface area contributed by atoms with Gasteiger partial charge >= 0.3 is 6.09 Å². The second kappa shape index (κ2) is 10.2. The minimum absolute atomic E-state index is 0.155. The molecule has 1 aromatic heterocycles. The van der Waals surface area contributed by atoms with Crippen LogP contribution in [0.5, 0.6) is 0 Å². The number of alkyl carbamates (subject to hydrolysis) is 1. The van der Waals surface area contributed by atoms with Crippen molar-refractivity contribution < 1.29 is 19.1 Å². The van der Waals surface area contributed by atoms with Crippen molar-refractivity contribution in [3.05, 3.63) is 40.9 Å². The van der Waals surface area contributed by atoms with Crippen molar-refractivity contribution in [1.82, 2.24) is 10.3 Å². The Hall–Kier alpha value is -2.94. The lowest BCUT2D eigenvalue weighted by molar-refractivity contribution is -0.116. The van der Waals surface area contributed by atoms with Gasteiger partial charge in [-0.3, -0.25) is 9.59 Å². The molecule has 162 valence electrons. The molecule has 0 aliphatic carbocycles. The summed E-state index contributed by atoms with van der Waals surface area (Å²) in [5.41, 5.74) is 0.744. The lowest BCUT2D eigenvalue weighted by Gasteiger charge is -2.19. The second-order valence-corrected chi connectivity index (χ2v) is 9.11. The van der Waals surface area contributed by atoms with Gasteiger partial charge < -0.3 is 20.7 Å². The molecule has 0 atom stereocenters. The first-order valence-corrected chi connectivity index (χ1v) is 10.4. The number of aromatic nitrogens is 1. The van der Waals surface area contributed by atoms with Gasteiger partial charge in [-0.2, -0.15) is 0 Å². The second-order valence-electron chi connectivity index (χ2n) is 8.05. The van der Waals surface area contributed by atoms with Gasteiger partial charge in [0, 0.05) is 16.8 Å². The van der Waals surface area contributed by atoms with E-state index in [1.807, 2.05) is 0 Å². The Balaban J connectivity index is 1.79. The summed E-state index contributed by atoms with van der Waals surface area (Å²) in [7, 11) is 0. The molecular formula is C21H28N4O4S. The van der Waals surface area contributed by atoms with Crippen molar-refractivity contribution in [1.29, 1.82) is 0 Å². The normalized spacial score (nSPS) is 11.1. The maximum atomic E-state index is 12.2. The molecule has 3 N–H and O–H groups in total. The van der Waals surface area contributed by atoms with Crippen molar-refractivity contribution in [2.75, 3.05) is 17.2 Å². The summed E-state index contributed by atoms with van der Waals surface area (Å²) in [6, 6.07) is 6.93. The van der Waals surface area contributed by atoms with Crippen molar-refractivity contribution in [2.24, 2.45) is 0 Å². The highest BCUT2D eigenvalue weighted by atomic mass is 32.1. The number of thiazole rings is 1. The van der Waals surface area contributed by atoms with E-state index in [0.717, 1.165) is 10.4 Å². The summed E-state index contributed by atoms with van der Waals surface area (Å²) in [4.78, 5) is 41.1. The van der Waals surface area contributed by atoms with Crippen LogP contribution in [0.15, 0.2) is 30.5 Å². The van der Waals surface area contributed by atoms with Gasteiger partial charge in [0.2, 0.25) is 11.8 Å². The van der Waals surface area contributed by atoms with Crippen LogP contribution in [0.1, 0.15) is 51.0 Å². The molecule has 0 bridgehead atoms. The molecule has 0 saturated heterocycles. The molecule has 8 nitrogen and oxygen atoms in total. The lowest BCUT2D eigenvalue weighted by Crippen LogP contribution is -2.37. The number of nitrogens with one attached hydrogen (secondary N) is 3. The molecule has 0 aliphatic heterocycles. The van der Waals surface area contributed by atoms with Crippen LogP contribution in [-0.2, 0) is 20.7 Å². The zero-order chi connectivity index (χ0) is 22.3. The average Bonchev–Trinajstić information content (AvgIpc) is 3.09. The molecule has 3 amide bonds. The van der Waals surface area contributed by atoms with Crippen LogP contribution in [-0.4, -0.2) is 35.0 Å². The molecule has 0 fully saturated rings. The average molecular weight is 433 g/mol. The molecule has 2 rings (SSSR count). The molecule has 0 aliphatic rings. The number of hydrogen-bond acceptors (Lipinski definition) is 6. The summed E-state index contributed by atoms with van der Waals surface area (Å²) in [5, 5.41) is 8.46. The third kappa shape index (κ3) is 8.20. The number of carbonyl (C=O) groups is 3. The van der Waals surface area contributed by atoms with E-state index in [9.17, 15) is 14.4 Å². The first kappa shape index (κ1) is 23.3. The van der Waals surface area contributed by atoms with Crippen molar-refractivity contribution in [3.8, 4) is 0 Å². The van der Waals surface area contributed by atoms with Crippen LogP contribution in [0.25, 0.3) is 0 Å². The number of hydrogen-bond donors (Lipinski definition) is 3. The van der Waals surface area contributed by atoms with E-state index >= 15 is 0 Å². The van der Waals surface area contributed by atoms with E-state index < -0.39 is 11.7 Å². The fourth-order valence-corrected chi connectivity index (χ4v) is 3.17. The highest BCUT2D eigenvalue weighted by Gasteiger charge is 2.16. The Bertz CT molecular complexity index is 885. The lowest BCUT2D eigenvalue weighted by atomic mass is 10.1. The Morgan fingerprint density at radius 1 is 1.07 bits per heavy atom. The van der Waals surface area contributed by atoms with E-state index in [4.69, 9.17) is 4.74 Å². The minimum Gasteiger partial charge on any atom is -0.444 e. The predicted octanol–water partition coefficient (Wildman–Crippen LogP) is 3.91. The highest BCUT2D eigenvalue weighted by Crippen LogP contribution is 2.25. The zero-order valence-corrected chi connectivity index (χ0v) is 18.7. The van der Waals surface area contributed by atoms with E-state index in [1.54, 1.807) is 51.2 Å². The smallest absolute Gasteiger partial charge is 0.408 e. The standard InChI is InChI=1S/C21H28N4O4S/c1-13(2)16-11-22-19(30-16)25-17(26)10-14-6-8-15(9-7-14)24-18(27)12-23-20(28)29-21(3,4)5/h6-9,11,13H,10,12H2,1-5H3,(H,23,28)(H,24,27)(H,22,25,26). The number of anilines is 2. The summed E-state index contributed by atoms with van der Waals surface area (Å²) < 4.78 is 5.07. The SMILES string of the molecule is CC(C)c1cnc(NC(=O)Cc2ccc(NC(=O)CNC(=O)OC(C)(C)C)cc2)s1. The van der Waals surface area contributed by atoms with Gasteiger partial charge in [-0.1, -0.05) is 26.0 Å². The molecule has 1 heterocycles. The first-order valence-electron chi connectivity index (χ1n) is 9.63. The zero-order valence-electron chi connectivity index (χ0n) is 17.9. The number of ether oxygens (including phenoxy) is 1. The Morgan fingerprint density at radius 3 is 2.30 bits per heavy atom. The van der Waals surface area contributed by atoms with Gasteiger partial charge in [0.1, 0.15) is 12.1 Å². The van der Waals surface area contributed by atoms with Gasteiger partial charge in [-0.25, -0.2) is 9.78 Å². The van der Waals surface area contributed by atoms with Gasteiger partial charge in [0.15, 0.2) is 5.13 Å². The molecule has 9 heteroatoms.